The van der Waals surface area contributed by atoms with Crippen molar-refractivity contribution in [3.05, 3.63) is 29.3 Å². The average Bonchev–Trinajstić information content (AvgIpc) is 2.86. The van der Waals surface area contributed by atoms with Gasteiger partial charge in [0.05, 0.1) is 13.5 Å². The van der Waals surface area contributed by atoms with E-state index in [-0.39, 0.29) is 11.8 Å². The number of benzene rings is 1. The Morgan fingerprint density at radius 3 is 2.41 bits per heavy atom. The molecule has 1 saturated carbocycles. The van der Waals surface area contributed by atoms with Gasteiger partial charge in [-0.15, -0.1) is 0 Å². The Labute approximate surface area is 162 Å². The fourth-order valence-corrected chi connectivity index (χ4v) is 3.84. The summed E-state index contributed by atoms with van der Waals surface area (Å²) in [6.07, 6.45) is 4.44. The van der Waals surface area contributed by atoms with Crippen LogP contribution >= 0.6 is 0 Å². The predicted octanol–water partition coefficient (Wildman–Crippen LogP) is 3.22. The van der Waals surface area contributed by atoms with Crippen molar-refractivity contribution in [2.24, 2.45) is 5.92 Å². The molecule has 1 aromatic carbocycles. The Morgan fingerprint density at radius 2 is 1.78 bits per heavy atom. The highest BCUT2D eigenvalue weighted by Gasteiger charge is 2.31. The lowest BCUT2D eigenvalue weighted by Crippen LogP contribution is -2.41. The lowest BCUT2D eigenvalue weighted by Gasteiger charge is -2.31. The van der Waals surface area contributed by atoms with Crippen molar-refractivity contribution in [3.8, 4) is 5.75 Å². The molecule has 0 unspecified atom stereocenters. The number of methoxy groups -OCH3 is 1. The fraction of sp³-hybridized carbons (Fsp3) is 0.636. The van der Waals surface area contributed by atoms with Crippen LogP contribution in [-0.2, 0) is 16.0 Å². The molecule has 2 aliphatic rings. The van der Waals surface area contributed by atoms with Crippen LogP contribution in [-0.4, -0.2) is 54.9 Å². The lowest BCUT2D eigenvalue weighted by atomic mass is 9.84. The molecule has 0 aromatic heterocycles. The lowest BCUT2D eigenvalue weighted by molar-refractivity contribution is -0.138. The number of amides is 2. The molecule has 3 rings (SSSR count). The molecule has 0 N–H and O–H groups in total. The minimum absolute atomic E-state index is 0.114. The van der Waals surface area contributed by atoms with Crippen molar-refractivity contribution >= 4 is 11.8 Å². The van der Waals surface area contributed by atoms with Crippen molar-refractivity contribution in [2.75, 3.05) is 33.3 Å². The third-order valence-electron chi connectivity index (χ3n) is 5.93. The maximum absolute atomic E-state index is 12.9. The van der Waals surface area contributed by atoms with Gasteiger partial charge in [-0.05, 0) is 36.8 Å². The Morgan fingerprint density at radius 1 is 1.07 bits per heavy atom. The summed E-state index contributed by atoms with van der Waals surface area (Å²) in [6, 6.07) is 6.13. The van der Waals surface area contributed by atoms with Crippen LogP contribution in [0, 0.1) is 5.92 Å². The summed E-state index contributed by atoms with van der Waals surface area (Å²) in [6.45, 7) is 7.07. The normalized spacial score (nSPS) is 18.2. The van der Waals surface area contributed by atoms with E-state index in [0.29, 0.717) is 31.3 Å². The van der Waals surface area contributed by atoms with Gasteiger partial charge in [0.15, 0.2) is 0 Å². The minimum Gasteiger partial charge on any atom is -0.496 e. The van der Waals surface area contributed by atoms with E-state index in [4.69, 9.17) is 4.74 Å². The maximum atomic E-state index is 12.9. The van der Waals surface area contributed by atoms with E-state index in [1.165, 1.54) is 12.0 Å². The first kappa shape index (κ1) is 19.7. The van der Waals surface area contributed by atoms with Gasteiger partial charge in [-0.1, -0.05) is 32.4 Å². The molecule has 5 heteroatoms. The van der Waals surface area contributed by atoms with Gasteiger partial charge in [0.25, 0.3) is 0 Å². The van der Waals surface area contributed by atoms with E-state index in [0.717, 1.165) is 43.7 Å². The monoisotopic (exact) mass is 372 g/mol. The molecule has 1 heterocycles. The van der Waals surface area contributed by atoms with Crippen LogP contribution in [0.1, 0.15) is 56.6 Å². The van der Waals surface area contributed by atoms with Gasteiger partial charge in [-0.2, -0.15) is 0 Å². The molecule has 2 amide bonds. The third-order valence-corrected chi connectivity index (χ3v) is 5.93. The number of rotatable bonds is 5. The van der Waals surface area contributed by atoms with Crippen LogP contribution in [0.15, 0.2) is 18.2 Å². The zero-order valence-electron chi connectivity index (χ0n) is 16.9. The Kier molecular flexibility index (Phi) is 6.40. The minimum atomic E-state index is 0.114. The standard InChI is InChI=1S/C22H32N2O3/c1-16(2)18-8-9-19(20(14-18)27-3)15-21(25)23-10-5-11-24(13-12-23)22(26)17-6-4-7-17/h8-9,14,16-17H,4-7,10-13,15H2,1-3H3. The summed E-state index contributed by atoms with van der Waals surface area (Å²) in [5.74, 6) is 1.85. The molecule has 0 atom stereocenters. The molecule has 0 spiro atoms. The van der Waals surface area contributed by atoms with Crippen LogP contribution in [0.25, 0.3) is 0 Å². The highest BCUT2D eigenvalue weighted by molar-refractivity contribution is 5.81. The first-order valence-corrected chi connectivity index (χ1v) is 10.2. The first-order chi connectivity index (χ1) is 13.0. The first-order valence-electron chi connectivity index (χ1n) is 10.2. The molecule has 5 nitrogen and oxygen atoms in total. The molecule has 0 bridgehead atoms. The Balaban J connectivity index is 1.60. The second kappa shape index (κ2) is 8.77. The van der Waals surface area contributed by atoms with Gasteiger partial charge in [0.2, 0.25) is 11.8 Å². The Bertz CT molecular complexity index is 682. The molecule has 148 valence electrons. The van der Waals surface area contributed by atoms with Crippen LogP contribution in [0.5, 0.6) is 5.75 Å². The smallest absolute Gasteiger partial charge is 0.227 e. The molecule has 27 heavy (non-hydrogen) atoms. The van der Waals surface area contributed by atoms with Crippen LogP contribution in [0.2, 0.25) is 0 Å². The van der Waals surface area contributed by atoms with Crippen LogP contribution in [0.4, 0.5) is 0 Å². The topological polar surface area (TPSA) is 49.9 Å². The second-order valence-electron chi connectivity index (χ2n) is 8.09. The number of carbonyl (C=O) groups is 2. The highest BCUT2D eigenvalue weighted by atomic mass is 16.5. The van der Waals surface area contributed by atoms with Crippen LogP contribution < -0.4 is 4.74 Å². The number of hydrogen-bond donors (Lipinski definition) is 0. The zero-order valence-corrected chi connectivity index (χ0v) is 16.9. The van der Waals surface area contributed by atoms with Crippen molar-refractivity contribution in [1.82, 2.24) is 9.80 Å². The molecular weight excluding hydrogens is 340 g/mol. The third kappa shape index (κ3) is 4.63. The number of ether oxygens (including phenoxy) is 1. The summed E-state index contributed by atoms with van der Waals surface area (Å²) in [5.41, 5.74) is 2.14. The molecule has 0 radical (unpaired) electrons. The second-order valence-corrected chi connectivity index (χ2v) is 8.09. The molecule has 1 aromatic rings. The molecule has 2 fully saturated rings. The Hall–Kier alpha value is -2.04. The predicted molar refractivity (Wildman–Crippen MR) is 106 cm³/mol. The highest BCUT2D eigenvalue weighted by Crippen LogP contribution is 2.29. The molecule has 1 aliphatic heterocycles. The van der Waals surface area contributed by atoms with Crippen molar-refractivity contribution in [3.63, 3.8) is 0 Å². The van der Waals surface area contributed by atoms with Gasteiger partial charge < -0.3 is 14.5 Å². The number of carbonyl (C=O) groups excluding carboxylic acids is 2. The zero-order chi connectivity index (χ0) is 19.4. The van der Waals surface area contributed by atoms with Gasteiger partial charge in [-0.3, -0.25) is 9.59 Å². The summed E-state index contributed by atoms with van der Waals surface area (Å²) >= 11 is 0. The summed E-state index contributed by atoms with van der Waals surface area (Å²) in [5, 5.41) is 0. The van der Waals surface area contributed by atoms with E-state index >= 15 is 0 Å². The molecule has 1 aliphatic carbocycles. The van der Waals surface area contributed by atoms with Gasteiger partial charge in [-0.25, -0.2) is 0 Å². The fourth-order valence-electron chi connectivity index (χ4n) is 3.84. The number of hydrogen-bond acceptors (Lipinski definition) is 3. The van der Waals surface area contributed by atoms with E-state index in [1.54, 1.807) is 7.11 Å². The van der Waals surface area contributed by atoms with Crippen LogP contribution in [0.3, 0.4) is 0 Å². The van der Waals surface area contributed by atoms with Gasteiger partial charge in [0.1, 0.15) is 5.75 Å². The van der Waals surface area contributed by atoms with Crippen molar-refractivity contribution < 1.29 is 14.3 Å². The van der Waals surface area contributed by atoms with Crippen molar-refractivity contribution in [1.29, 1.82) is 0 Å². The number of nitrogens with zero attached hydrogens (tertiary/aromatic N) is 2. The quantitative estimate of drug-likeness (QED) is 0.797. The van der Waals surface area contributed by atoms with E-state index in [1.807, 2.05) is 21.9 Å². The van der Waals surface area contributed by atoms with Gasteiger partial charge >= 0.3 is 0 Å². The van der Waals surface area contributed by atoms with Gasteiger partial charge in [0, 0.05) is 37.7 Å². The van der Waals surface area contributed by atoms with Crippen molar-refractivity contribution in [2.45, 2.75) is 51.9 Å². The SMILES string of the molecule is COc1cc(C(C)C)ccc1CC(=O)N1CCCN(C(=O)C2CCC2)CC1. The van der Waals surface area contributed by atoms with E-state index in [2.05, 4.69) is 19.9 Å². The van der Waals surface area contributed by atoms with E-state index in [9.17, 15) is 9.59 Å². The average molecular weight is 373 g/mol. The largest absolute Gasteiger partial charge is 0.496 e. The molecule has 1 saturated heterocycles. The summed E-state index contributed by atoms with van der Waals surface area (Å²) < 4.78 is 5.52. The summed E-state index contributed by atoms with van der Waals surface area (Å²) in [7, 11) is 1.66. The maximum Gasteiger partial charge on any atom is 0.227 e. The summed E-state index contributed by atoms with van der Waals surface area (Å²) in [4.78, 5) is 29.2. The molecular formula is C22H32N2O3. The van der Waals surface area contributed by atoms with E-state index < -0.39 is 0 Å².